The molecule has 0 aromatic carbocycles. The summed E-state index contributed by atoms with van der Waals surface area (Å²) in [5, 5.41) is 4.02. The van der Waals surface area contributed by atoms with Crippen LogP contribution in [0.5, 0.6) is 11.6 Å². The summed E-state index contributed by atoms with van der Waals surface area (Å²) in [5.41, 5.74) is 0.282. The topological polar surface area (TPSA) is 66.2 Å². The molecule has 2 heterocycles. The summed E-state index contributed by atoms with van der Waals surface area (Å²) < 4.78 is 11.9. The van der Waals surface area contributed by atoms with Crippen molar-refractivity contribution in [2.45, 2.75) is 13.5 Å². The number of aromatic nitrogens is 3. The molecule has 6 heteroatoms. The lowest BCUT2D eigenvalue weighted by atomic mass is 10.3. The van der Waals surface area contributed by atoms with E-state index < -0.39 is 5.97 Å². The predicted molar refractivity (Wildman–Crippen MR) is 63.6 cm³/mol. The number of nitrogens with zero attached hydrogens (tertiary/aromatic N) is 3. The largest absolute Gasteiger partial charge is 0.480 e. The molecule has 2 rings (SSSR count). The van der Waals surface area contributed by atoms with Crippen molar-refractivity contribution in [1.82, 2.24) is 14.8 Å². The van der Waals surface area contributed by atoms with Crippen molar-refractivity contribution in [1.29, 1.82) is 0 Å². The van der Waals surface area contributed by atoms with Crippen LogP contribution in [0.1, 0.15) is 17.3 Å². The van der Waals surface area contributed by atoms with Crippen LogP contribution >= 0.6 is 0 Å². The number of hydrogen-bond donors (Lipinski definition) is 0. The van der Waals surface area contributed by atoms with Crippen molar-refractivity contribution >= 4 is 5.97 Å². The fourth-order valence-corrected chi connectivity index (χ4v) is 1.44. The molecule has 18 heavy (non-hydrogen) atoms. The normalized spacial score (nSPS) is 10.1. The number of rotatable bonds is 4. The van der Waals surface area contributed by atoms with Gasteiger partial charge in [0.25, 0.3) is 0 Å². The van der Waals surface area contributed by atoms with E-state index in [9.17, 15) is 4.79 Å². The van der Waals surface area contributed by atoms with Crippen molar-refractivity contribution in [3.05, 3.63) is 36.3 Å². The minimum absolute atomic E-state index is 0.241. The second-order valence-electron chi connectivity index (χ2n) is 3.48. The van der Waals surface area contributed by atoms with Gasteiger partial charge in [-0.05, 0) is 19.1 Å². The molecule has 0 aliphatic heterocycles. The third kappa shape index (κ3) is 2.48. The van der Waals surface area contributed by atoms with Crippen molar-refractivity contribution in [3.8, 4) is 11.6 Å². The zero-order valence-electron chi connectivity index (χ0n) is 10.2. The second kappa shape index (κ2) is 5.31. The molecule has 0 aliphatic rings. The monoisotopic (exact) mass is 247 g/mol. The van der Waals surface area contributed by atoms with Gasteiger partial charge >= 0.3 is 5.97 Å². The van der Waals surface area contributed by atoms with E-state index in [1.54, 1.807) is 29.2 Å². The number of esters is 1. The molecule has 0 atom stereocenters. The fraction of sp³-hybridized carbons (Fsp3) is 0.250. The van der Waals surface area contributed by atoms with Crippen LogP contribution in [0.25, 0.3) is 0 Å². The van der Waals surface area contributed by atoms with E-state index in [2.05, 4.69) is 10.1 Å². The van der Waals surface area contributed by atoms with Crippen LogP contribution in [0.15, 0.2) is 30.7 Å². The Morgan fingerprint density at radius 2 is 2.33 bits per heavy atom. The van der Waals surface area contributed by atoms with E-state index in [1.807, 2.05) is 6.92 Å². The average Bonchev–Trinajstić information content (AvgIpc) is 2.86. The highest BCUT2D eigenvalue weighted by molar-refractivity contribution is 5.93. The Hall–Kier alpha value is -2.37. The van der Waals surface area contributed by atoms with Gasteiger partial charge in [-0.15, -0.1) is 0 Å². The van der Waals surface area contributed by atoms with E-state index in [0.717, 1.165) is 0 Å². The molecule has 0 aliphatic carbocycles. The Bertz CT molecular complexity index is 551. The van der Waals surface area contributed by atoms with Crippen LogP contribution in [0.3, 0.4) is 0 Å². The third-order valence-corrected chi connectivity index (χ3v) is 2.33. The van der Waals surface area contributed by atoms with E-state index in [4.69, 9.17) is 9.47 Å². The lowest BCUT2D eigenvalue weighted by Gasteiger charge is -2.05. The predicted octanol–water partition coefficient (Wildman–Crippen LogP) is 1.53. The van der Waals surface area contributed by atoms with Gasteiger partial charge in [-0.3, -0.25) is 4.68 Å². The van der Waals surface area contributed by atoms with Crippen LogP contribution < -0.4 is 9.47 Å². The summed E-state index contributed by atoms with van der Waals surface area (Å²) in [6.07, 6.45) is 4.69. The minimum Gasteiger partial charge on any atom is -0.480 e. The van der Waals surface area contributed by atoms with Crippen LogP contribution in [-0.4, -0.2) is 27.8 Å². The summed E-state index contributed by atoms with van der Waals surface area (Å²) in [6.45, 7) is 2.66. The summed E-state index contributed by atoms with van der Waals surface area (Å²) in [7, 11) is 1.45. The Kier molecular flexibility index (Phi) is 3.57. The van der Waals surface area contributed by atoms with E-state index >= 15 is 0 Å². The molecule has 94 valence electrons. The molecular weight excluding hydrogens is 234 g/mol. The molecule has 0 spiro atoms. The zero-order valence-corrected chi connectivity index (χ0v) is 10.2. The van der Waals surface area contributed by atoms with Crippen molar-refractivity contribution in [2.24, 2.45) is 0 Å². The Morgan fingerprint density at radius 1 is 1.50 bits per heavy atom. The van der Waals surface area contributed by atoms with Crippen molar-refractivity contribution in [3.63, 3.8) is 0 Å². The number of aryl methyl sites for hydroxylation is 1. The first-order chi connectivity index (χ1) is 8.74. The second-order valence-corrected chi connectivity index (χ2v) is 3.48. The van der Waals surface area contributed by atoms with Gasteiger partial charge in [0, 0.05) is 12.7 Å². The molecule has 0 saturated heterocycles. The molecule has 0 saturated carbocycles. The van der Waals surface area contributed by atoms with Gasteiger partial charge in [0.05, 0.1) is 19.5 Å². The highest BCUT2D eigenvalue weighted by Gasteiger charge is 2.15. The molecule has 0 N–H and O–H groups in total. The average molecular weight is 247 g/mol. The molecule has 0 amide bonds. The van der Waals surface area contributed by atoms with Gasteiger partial charge < -0.3 is 9.47 Å². The number of ether oxygens (including phenoxy) is 2. The van der Waals surface area contributed by atoms with E-state index in [0.29, 0.717) is 12.3 Å². The third-order valence-electron chi connectivity index (χ3n) is 2.33. The highest BCUT2D eigenvalue weighted by atomic mass is 16.5. The quantitative estimate of drug-likeness (QED) is 0.766. The first-order valence-electron chi connectivity index (χ1n) is 5.48. The maximum absolute atomic E-state index is 11.9. The summed E-state index contributed by atoms with van der Waals surface area (Å²) in [4.78, 5) is 15.8. The molecule has 0 fully saturated rings. The van der Waals surface area contributed by atoms with Gasteiger partial charge in [0.2, 0.25) is 5.88 Å². The van der Waals surface area contributed by atoms with Crippen LogP contribution in [0, 0.1) is 0 Å². The van der Waals surface area contributed by atoms with Gasteiger partial charge in [0.15, 0.2) is 5.75 Å². The van der Waals surface area contributed by atoms with Crippen LogP contribution in [0.2, 0.25) is 0 Å². The number of hydrogen-bond acceptors (Lipinski definition) is 5. The molecule has 0 radical (unpaired) electrons. The summed E-state index contributed by atoms with van der Waals surface area (Å²) >= 11 is 0. The fourth-order valence-electron chi connectivity index (χ4n) is 1.44. The lowest BCUT2D eigenvalue weighted by molar-refractivity contribution is 0.0730. The first kappa shape index (κ1) is 12.1. The van der Waals surface area contributed by atoms with E-state index in [-0.39, 0.29) is 11.4 Å². The summed E-state index contributed by atoms with van der Waals surface area (Å²) in [6, 6.07) is 3.24. The van der Waals surface area contributed by atoms with Crippen molar-refractivity contribution in [2.75, 3.05) is 7.11 Å². The van der Waals surface area contributed by atoms with E-state index in [1.165, 1.54) is 13.3 Å². The minimum atomic E-state index is -0.518. The van der Waals surface area contributed by atoms with Crippen molar-refractivity contribution < 1.29 is 14.3 Å². The first-order valence-corrected chi connectivity index (χ1v) is 5.48. The zero-order chi connectivity index (χ0) is 13.0. The maximum atomic E-state index is 11.9. The number of carbonyl (C=O) groups excluding carboxylic acids is 1. The number of carbonyl (C=O) groups is 1. The Balaban J connectivity index is 2.16. The number of methoxy groups -OCH3 is 1. The van der Waals surface area contributed by atoms with Gasteiger partial charge in [-0.25, -0.2) is 9.78 Å². The highest BCUT2D eigenvalue weighted by Crippen LogP contribution is 2.17. The smallest absolute Gasteiger partial charge is 0.349 e. The lowest BCUT2D eigenvalue weighted by Crippen LogP contribution is -2.10. The SMILES string of the molecule is CCn1cc(OC(=O)c2cccnc2OC)cn1. The summed E-state index contributed by atoms with van der Waals surface area (Å²) in [5.74, 6) is 0.119. The molecule has 2 aromatic rings. The van der Waals surface area contributed by atoms with Crippen LogP contribution in [0.4, 0.5) is 0 Å². The van der Waals surface area contributed by atoms with Gasteiger partial charge in [-0.1, -0.05) is 0 Å². The molecule has 6 nitrogen and oxygen atoms in total. The maximum Gasteiger partial charge on any atom is 0.349 e. The van der Waals surface area contributed by atoms with Crippen LogP contribution in [-0.2, 0) is 6.54 Å². The number of pyridine rings is 1. The van der Waals surface area contributed by atoms with Gasteiger partial charge in [0.1, 0.15) is 5.56 Å². The molecule has 0 unspecified atom stereocenters. The molecule has 0 bridgehead atoms. The molecular formula is C12H13N3O3. The standard InChI is InChI=1S/C12H13N3O3/c1-3-15-8-9(7-14-15)18-12(16)10-5-4-6-13-11(10)17-2/h4-8H,3H2,1-2H3. The molecule has 2 aromatic heterocycles. The van der Waals surface area contributed by atoms with Gasteiger partial charge in [-0.2, -0.15) is 5.10 Å². The Labute approximate surface area is 104 Å². The Morgan fingerprint density at radius 3 is 3.00 bits per heavy atom.